The first-order chi connectivity index (χ1) is 9.08. The maximum atomic E-state index is 12.5. The first kappa shape index (κ1) is 13.9. The Morgan fingerprint density at radius 2 is 1.79 bits per heavy atom. The summed E-state index contributed by atoms with van der Waals surface area (Å²) in [5.74, 6) is -0.593. The average Bonchev–Trinajstić information content (AvgIpc) is 2.89. The van der Waals surface area contributed by atoms with Gasteiger partial charge < -0.3 is 10.6 Å². The van der Waals surface area contributed by atoms with Gasteiger partial charge in [0.15, 0.2) is 0 Å². The molecule has 102 valence electrons. The number of rotatable bonds is 4. The number of hydrogen-bond donors (Lipinski definition) is 2. The number of nitrogens with zero attached hydrogens (tertiary/aromatic N) is 1. The fraction of sp³-hybridized carbons (Fsp3) is 0.429. The molecule has 2 rings (SSSR count). The van der Waals surface area contributed by atoms with Gasteiger partial charge in [0.1, 0.15) is 0 Å². The second-order valence-electron chi connectivity index (χ2n) is 4.88. The molecule has 0 aromatic heterocycles. The molecular formula is C14H18N2O2S. The Labute approximate surface area is 118 Å². The third-order valence-electron chi connectivity index (χ3n) is 3.47. The van der Waals surface area contributed by atoms with Gasteiger partial charge in [0, 0.05) is 16.5 Å². The molecule has 19 heavy (non-hydrogen) atoms. The summed E-state index contributed by atoms with van der Waals surface area (Å²) in [5.41, 5.74) is 5.83. The predicted octanol–water partition coefficient (Wildman–Crippen LogP) is 1.85. The zero-order chi connectivity index (χ0) is 13.8. The Morgan fingerprint density at radius 1 is 1.21 bits per heavy atom. The van der Waals surface area contributed by atoms with Gasteiger partial charge in [-0.25, -0.2) is 0 Å². The van der Waals surface area contributed by atoms with Gasteiger partial charge in [-0.2, -0.15) is 0 Å². The van der Waals surface area contributed by atoms with E-state index in [0.29, 0.717) is 5.56 Å². The number of benzene rings is 1. The van der Waals surface area contributed by atoms with Crippen LogP contribution in [0.3, 0.4) is 0 Å². The number of carbonyl (C=O) groups is 2. The molecule has 2 amide bonds. The van der Waals surface area contributed by atoms with Crippen LogP contribution in [0.15, 0.2) is 29.2 Å². The van der Waals surface area contributed by atoms with E-state index in [2.05, 4.69) is 12.6 Å². The molecule has 5 heteroatoms. The van der Waals surface area contributed by atoms with Crippen molar-refractivity contribution >= 4 is 24.4 Å². The Balaban J connectivity index is 2.18. The fourth-order valence-electron chi connectivity index (χ4n) is 2.52. The van der Waals surface area contributed by atoms with Crippen LogP contribution in [0.1, 0.15) is 36.0 Å². The Hall–Kier alpha value is -1.49. The van der Waals surface area contributed by atoms with Crippen molar-refractivity contribution in [1.82, 2.24) is 4.90 Å². The van der Waals surface area contributed by atoms with E-state index in [9.17, 15) is 9.59 Å². The van der Waals surface area contributed by atoms with Crippen molar-refractivity contribution in [2.24, 2.45) is 5.73 Å². The van der Waals surface area contributed by atoms with Gasteiger partial charge in [0.25, 0.3) is 5.91 Å². The van der Waals surface area contributed by atoms with Gasteiger partial charge in [0.2, 0.25) is 5.91 Å². The molecule has 0 heterocycles. The summed E-state index contributed by atoms with van der Waals surface area (Å²) in [6.45, 7) is -0.00781. The molecule has 1 fully saturated rings. The third-order valence-corrected chi connectivity index (χ3v) is 3.76. The lowest BCUT2D eigenvalue weighted by Gasteiger charge is -2.27. The van der Waals surface area contributed by atoms with Crippen LogP contribution < -0.4 is 5.73 Å². The van der Waals surface area contributed by atoms with Crippen molar-refractivity contribution in [3.8, 4) is 0 Å². The minimum Gasteiger partial charge on any atom is -0.368 e. The SMILES string of the molecule is NC(=O)CN(C(=O)c1ccc(S)cc1)C1CCCC1. The summed E-state index contributed by atoms with van der Waals surface area (Å²) in [6.07, 6.45) is 4.10. The lowest BCUT2D eigenvalue weighted by atomic mass is 10.1. The molecule has 0 bridgehead atoms. The maximum absolute atomic E-state index is 12.5. The molecule has 0 unspecified atom stereocenters. The second-order valence-corrected chi connectivity index (χ2v) is 5.40. The van der Waals surface area contributed by atoms with Crippen molar-refractivity contribution in [1.29, 1.82) is 0 Å². The molecule has 1 aliphatic carbocycles. The largest absolute Gasteiger partial charge is 0.368 e. The quantitative estimate of drug-likeness (QED) is 0.826. The van der Waals surface area contributed by atoms with E-state index >= 15 is 0 Å². The number of hydrogen-bond acceptors (Lipinski definition) is 3. The molecule has 1 aliphatic rings. The van der Waals surface area contributed by atoms with E-state index in [-0.39, 0.29) is 18.5 Å². The third kappa shape index (κ3) is 3.50. The maximum Gasteiger partial charge on any atom is 0.254 e. The van der Waals surface area contributed by atoms with Crippen LogP contribution in [0.5, 0.6) is 0 Å². The van der Waals surface area contributed by atoms with Gasteiger partial charge in [-0.1, -0.05) is 12.8 Å². The van der Waals surface area contributed by atoms with Gasteiger partial charge in [0.05, 0.1) is 6.54 Å². The fourth-order valence-corrected chi connectivity index (χ4v) is 2.67. The van der Waals surface area contributed by atoms with Crippen LogP contribution in [0.4, 0.5) is 0 Å². The van der Waals surface area contributed by atoms with Gasteiger partial charge >= 0.3 is 0 Å². The van der Waals surface area contributed by atoms with Crippen LogP contribution in [-0.2, 0) is 4.79 Å². The van der Waals surface area contributed by atoms with Crippen molar-refractivity contribution in [3.63, 3.8) is 0 Å². The van der Waals surface area contributed by atoms with Gasteiger partial charge in [-0.15, -0.1) is 12.6 Å². The van der Waals surface area contributed by atoms with Gasteiger partial charge in [-0.05, 0) is 37.1 Å². The van der Waals surface area contributed by atoms with Crippen molar-refractivity contribution < 1.29 is 9.59 Å². The standard InChI is InChI=1S/C14H18N2O2S/c15-13(17)9-16(11-3-1-2-4-11)14(18)10-5-7-12(19)8-6-10/h5-8,11,19H,1-4,9H2,(H2,15,17). The lowest BCUT2D eigenvalue weighted by molar-refractivity contribution is -0.119. The predicted molar refractivity (Wildman–Crippen MR) is 76.2 cm³/mol. The number of nitrogens with two attached hydrogens (primary N) is 1. The Kier molecular flexibility index (Phi) is 4.47. The summed E-state index contributed by atoms with van der Waals surface area (Å²) >= 11 is 4.20. The summed E-state index contributed by atoms with van der Waals surface area (Å²) in [4.78, 5) is 26.1. The van der Waals surface area contributed by atoms with E-state index in [1.807, 2.05) is 0 Å². The summed E-state index contributed by atoms with van der Waals surface area (Å²) in [7, 11) is 0. The molecule has 0 aliphatic heterocycles. The molecule has 0 spiro atoms. The topological polar surface area (TPSA) is 63.4 Å². The highest BCUT2D eigenvalue weighted by molar-refractivity contribution is 7.80. The molecule has 1 aromatic rings. The van der Waals surface area contributed by atoms with Crippen LogP contribution >= 0.6 is 12.6 Å². The zero-order valence-electron chi connectivity index (χ0n) is 10.7. The monoisotopic (exact) mass is 278 g/mol. The molecule has 0 saturated heterocycles. The second kappa shape index (κ2) is 6.10. The zero-order valence-corrected chi connectivity index (χ0v) is 11.6. The average molecular weight is 278 g/mol. The highest BCUT2D eigenvalue weighted by Gasteiger charge is 2.28. The normalized spacial score (nSPS) is 15.4. The van der Waals surface area contributed by atoms with Crippen LogP contribution in [-0.4, -0.2) is 29.3 Å². The van der Waals surface area contributed by atoms with E-state index in [4.69, 9.17) is 5.73 Å². The molecule has 1 aromatic carbocycles. The molecule has 4 nitrogen and oxygen atoms in total. The smallest absolute Gasteiger partial charge is 0.254 e. The van der Waals surface area contributed by atoms with Crippen molar-refractivity contribution in [3.05, 3.63) is 29.8 Å². The van der Waals surface area contributed by atoms with E-state index < -0.39 is 5.91 Å². The molecule has 2 N–H and O–H groups in total. The van der Waals surface area contributed by atoms with E-state index in [1.165, 1.54) is 0 Å². The van der Waals surface area contributed by atoms with Crippen molar-refractivity contribution in [2.75, 3.05) is 6.54 Å². The molecular weight excluding hydrogens is 260 g/mol. The minimum absolute atomic E-state index is 0.00781. The number of carbonyl (C=O) groups excluding carboxylic acids is 2. The minimum atomic E-state index is -0.467. The van der Waals surface area contributed by atoms with Crippen LogP contribution in [0, 0.1) is 0 Å². The first-order valence-corrected chi connectivity index (χ1v) is 6.91. The van der Waals surface area contributed by atoms with E-state index in [1.54, 1.807) is 29.2 Å². The van der Waals surface area contributed by atoms with Crippen LogP contribution in [0.2, 0.25) is 0 Å². The molecule has 0 radical (unpaired) electrons. The summed E-state index contributed by atoms with van der Waals surface area (Å²) < 4.78 is 0. The summed E-state index contributed by atoms with van der Waals surface area (Å²) in [6, 6.07) is 7.14. The highest BCUT2D eigenvalue weighted by Crippen LogP contribution is 2.25. The van der Waals surface area contributed by atoms with E-state index in [0.717, 1.165) is 30.6 Å². The molecule has 1 saturated carbocycles. The summed E-state index contributed by atoms with van der Waals surface area (Å²) in [5, 5.41) is 0. The number of primary amides is 1. The number of thiol groups is 1. The lowest BCUT2D eigenvalue weighted by Crippen LogP contribution is -2.44. The number of amides is 2. The van der Waals surface area contributed by atoms with Gasteiger partial charge in [-0.3, -0.25) is 9.59 Å². The Morgan fingerprint density at radius 3 is 2.32 bits per heavy atom. The first-order valence-electron chi connectivity index (χ1n) is 6.46. The van der Waals surface area contributed by atoms with Crippen LogP contribution in [0.25, 0.3) is 0 Å². The highest BCUT2D eigenvalue weighted by atomic mass is 32.1. The van der Waals surface area contributed by atoms with Crippen molar-refractivity contribution in [2.45, 2.75) is 36.6 Å². The Bertz CT molecular complexity index is 467. The molecule has 0 atom stereocenters.